The maximum Gasteiger partial charge on any atom is 0.416 e. The van der Waals surface area contributed by atoms with E-state index in [0.29, 0.717) is 54.8 Å². The molecular formula is C22H25F3N6O. The normalized spacial score (nSPS) is 22.2. The van der Waals surface area contributed by atoms with E-state index in [0.717, 1.165) is 24.3 Å². The number of hydrogen-bond acceptors (Lipinski definition) is 6. The first-order valence-electron chi connectivity index (χ1n) is 10.8. The van der Waals surface area contributed by atoms with Crippen LogP contribution in [0.3, 0.4) is 0 Å². The topological polar surface area (TPSA) is 79.1 Å². The molecule has 3 aromatic rings. The molecule has 0 atom stereocenters. The Balaban J connectivity index is 1.48. The van der Waals surface area contributed by atoms with Gasteiger partial charge in [-0.1, -0.05) is 0 Å². The Hall–Kier alpha value is -2.72. The number of anilines is 2. The fourth-order valence-electron chi connectivity index (χ4n) is 4.76. The Kier molecular flexibility index (Phi) is 5.29. The van der Waals surface area contributed by atoms with Gasteiger partial charge < -0.3 is 15.3 Å². The highest BCUT2D eigenvalue weighted by atomic mass is 19.4. The maximum atomic E-state index is 13.7. The van der Waals surface area contributed by atoms with E-state index in [1.807, 2.05) is 16.6 Å². The van der Waals surface area contributed by atoms with Crippen molar-refractivity contribution in [3.63, 3.8) is 0 Å². The zero-order chi connectivity index (χ0) is 22.5. The smallest absolute Gasteiger partial charge is 0.393 e. The van der Waals surface area contributed by atoms with E-state index in [2.05, 4.69) is 20.4 Å². The number of aliphatic hydroxyl groups is 1. The molecule has 1 aliphatic carbocycles. The van der Waals surface area contributed by atoms with Gasteiger partial charge in [-0.25, -0.2) is 9.67 Å². The van der Waals surface area contributed by atoms with Crippen LogP contribution >= 0.6 is 0 Å². The van der Waals surface area contributed by atoms with Crippen LogP contribution < -0.4 is 5.32 Å². The Morgan fingerprint density at radius 1 is 1.12 bits per heavy atom. The van der Waals surface area contributed by atoms with E-state index in [4.69, 9.17) is 0 Å². The highest BCUT2D eigenvalue weighted by Crippen LogP contribution is 2.38. The van der Waals surface area contributed by atoms with Crippen molar-refractivity contribution < 1.29 is 18.3 Å². The molecule has 170 valence electrons. The van der Waals surface area contributed by atoms with Gasteiger partial charge in [0.2, 0.25) is 5.95 Å². The minimum absolute atomic E-state index is 0.134. The Morgan fingerprint density at radius 3 is 2.66 bits per heavy atom. The number of likely N-dealkylation sites (N-methyl/N-ethyl adjacent to an activating group) is 1. The quantitative estimate of drug-likeness (QED) is 0.632. The molecule has 2 aromatic heterocycles. The van der Waals surface area contributed by atoms with E-state index >= 15 is 0 Å². The second kappa shape index (κ2) is 8.00. The standard InChI is InChI=1S/C22H25F3N6O/c1-30-7-6-18-13(12-30)8-15(9-19(18)22(23,24)25)28-21-26-10-14-11-27-31(20(14)29-21)16-2-4-17(32)5-3-16/h8-11,16-17,32H,2-7,12H2,1H3,(H,26,28,29). The maximum absolute atomic E-state index is 13.7. The van der Waals surface area contributed by atoms with Gasteiger partial charge in [0.15, 0.2) is 5.65 Å². The van der Waals surface area contributed by atoms with Crippen LogP contribution in [0.25, 0.3) is 11.0 Å². The van der Waals surface area contributed by atoms with Crippen molar-refractivity contribution in [1.29, 1.82) is 0 Å². The molecule has 7 nitrogen and oxygen atoms in total. The van der Waals surface area contributed by atoms with Crippen LogP contribution in [0.1, 0.15) is 48.4 Å². The number of aromatic nitrogens is 4. The highest BCUT2D eigenvalue weighted by molar-refractivity contribution is 5.75. The number of fused-ring (bicyclic) bond motifs is 2. The Bertz CT molecular complexity index is 1140. The van der Waals surface area contributed by atoms with Crippen molar-refractivity contribution in [2.45, 2.75) is 57.0 Å². The number of nitrogens with zero attached hydrogens (tertiary/aromatic N) is 5. The number of alkyl halides is 3. The number of hydrogen-bond donors (Lipinski definition) is 2. The predicted octanol–water partition coefficient (Wildman–Crippen LogP) is 4.05. The number of halogens is 3. The molecule has 10 heteroatoms. The average molecular weight is 446 g/mol. The van der Waals surface area contributed by atoms with Gasteiger partial charge in [0.05, 0.1) is 29.3 Å². The lowest BCUT2D eigenvalue weighted by atomic mass is 9.93. The molecule has 0 radical (unpaired) electrons. The van der Waals surface area contributed by atoms with Gasteiger partial charge in [-0.3, -0.25) is 0 Å². The number of benzene rings is 1. The minimum atomic E-state index is -4.42. The first kappa shape index (κ1) is 21.1. The van der Waals surface area contributed by atoms with Crippen molar-refractivity contribution in [2.24, 2.45) is 0 Å². The highest BCUT2D eigenvalue weighted by Gasteiger charge is 2.36. The van der Waals surface area contributed by atoms with Crippen LogP contribution in [0.15, 0.2) is 24.5 Å². The number of aliphatic hydroxyl groups excluding tert-OH is 1. The molecule has 3 heterocycles. The van der Waals surface area contributed by atoms with E-state index < -0.39 is 11.7 Å². The largest absolute Gasteiger partial charge is 0.416 e. The summed E-state index contributed by atoms with van der Waals surface area (Å²) in [4.78, 5) is 10.9. The third-order valence-corrected chi connectivity index (χ3v) is 6.43. The number of nitrogens with one attached hydrogen (secondary N) is 1. The van der Waals surface area contributed by atoms with Gasteiger partial charge in [-0.2, -0.15) is 23.3 Å². The molecule has 2 N–H and O–H groups in total. The summed E-state index contributed by atoms with van der Waals surface area (Å²) in [6.45, 7) is 1.07. The zero-order valence-corrected chi connectivity index (χ0v) is 17.7. The van der Waals surface area contributed by atoms with Crippen LogP contribution in [0.2, 0.25) is 0 Å². The third-order valence-electron chi connectivity index (χ3n) is 6.43. The lowest BCUT2D eigenvalue weighted by molar-refractivity contribution is -0.138. The summed E-state index contributed by atoms with van der Waals surface area (Å²) in [5.41, 5.74) is 1.39. The number of rotatable bonds is 3. The van der Waals surface area contributed by atoms with Crippen LogP contribution in [0, 0.1) is 0 Å². The molecular weight excluding hydrogens is 421 g/mol. The lowest BCUT2D eigenvalue weighted by Crippen LogP contribution is -2.28. The van der Waals surface area contributed by atoms with Gasteiger partial charge in [-0.05, 0) is 62.4 Å². The summed E-state index contributed by atoms with van der Waals surface area (Å²) >= 11 is 0. The lowest BCUT2D eigenvalue weighted by Gasteiger charge is -2.28. The summed E-state index contributed by atoms with van der Waals surface area (Å²) in [6.07, 6.45) is 2.04. The van der Waals surface area contributed by atoms with Crippen molar-refractivity contribution in [1.82, 2.24) is 24.6 Å². The molecule has 1 aromatic carbocycles. The summed E-state index contributed by atoms with van der Waals surface area (Å²) in [6, 6.07) is 3.04. The van der Waals surface area contributed by atoms with Gasteiger partial charge in [0.1, 0.15) is 0 Å². The van der Waals surface area contributed by atoms with Crippen molar-refractivity contribution in [3.8, 4) is 0 Å². The second-order valence-electron chi connectivity index (χ2n) is 8.80. The Morgan fingerprint density at radius 2 is 1.91 bits per heavy atom. The summed E-state index contributed by atoms with van der Waals surface area (Å²) in [7, 11) is 1.90. The van der Waals surface area contributed by atoms with Crippen LogP contribution in [-0.4, -0.2) is 49.5 Å². The molecule has 0 saturated heterocycles. The van der Waals surface area contributed by atoms with Gasteiger partial charge in [0, 0.05) is 25.0 Å². The fourth-order valence-corrected chi connectivity index (χ4v) is 4.76. The minimum Gasteiger partial charge on any atom is -0.393 e. The zero-order valence-electron chi connectivity index (χ0n) is 17.7. The molecule has 2 aliphatic rings. The van der Waals surface area contributed by atoms with Gasteiger partial charge in [0.25, 0.3) is 0 Å². The van der Waals surface area contributed by atoms with E-state index in [1.165, 1.54) is 0 Å². The SMILES string of the molecule is CN1CCc2c(cc(Nc3ncc4cnn(C5CCC(O)CC5)c4n3)cc2C(F)(F)F)C1. The molecule has 1 fully saturated rings. The second-order valence-corrected chi connectivity index (χ2v) is 8.80. The molecule has 1 aliphatic heterocycles. The average Bonchev–Trinajstić information content (AvgIpc) is 3.16. The first-order valence-corrected chi connectivity index (χ1v) is 10.8. The molecule has 0 unspecified atom stereocenters. The van der Waals surface area contributed by atoms with Crippen LogP contribution in [0.5, 0.6) is 0 Å². The van der Waals surface area contributed by atoms with E-state index in [-0.39, 0.29) is 18.1 Å². The molecule has 1 saturated carbocycles. The summed E-state index contributed by atoms with van der Waals surface area (Å²) < 4.78 is 43.1. The monoisotopic (exact) mass is 446 g/mol. The van der Waals surface area contributed by atoms with E-state index in [1.54, 1.807) is 18.5 Å². The molecule has 0 spiro atoms. The van der Waals surface area contributed by atoms with Crippen molar-refractivity contribution in [2.75, 3.05) is 18.9 Å². The molecule has 32 heavy (non-hydrogen) atoms. The fraction of sp³-hybridized carbons (Fsp3) is 0.500. The van der Waals surface area contributed by atoms with Crippen molar-refractivity contribution >= 4 is 22.7 Å². The van der Waals surface area contributed by atoms with Gasteiger partial charge in [-0.15, -0.1) is 0 Å². The third kappa shape index (κ3) is 4.04. The molecule has 0 amide bonds. The summed E-state index contributed by atoms with van der Waals surface area (Å²) in [5, 5.41) is 18.0. The molecule has 5 rings (SSSR count). The summed E-state index contributed by atoms with van der Waals surface area (Å²) in [5.74, 6) is 0.229. The Labute approximate surface area is 183 Å². The molecule has 0 bridgehead atoms. The first-order chi connectivity index (χ1) is 15.3. The van der Waals surface area contributed by atoms with Crippen molar-refractivity contribution in [3.05, 3.63) is 41.2 Å². The predicted molar refractivity (Wildman–Crippen MR) is 114 cm³/mol. The van der Waals surface area contributed by atoms with Crippen LogP contribution in [0.4, 0.5) is 24.8 Å². The van der Waals surface area contributed by atoms with E-state index in [9.17, 15) is 18.3 Å². The van der Waals surface area contributed by atoms with Gasteiger partial charge >= 0.3 is 6.18 Å². The van der Waals surface area contributed by atoms with Crippen LogP contribution in [-0.2, 0) is 19.1 Å².